The molecule has 2 N–H and O–H groups in total. The Balaban J connectivity index is 2.17. The van der Waals surface area contributed by atoms with Crippen LogP contribution in [0.3, 0.4) is 0 Å². The summed E-state index contributed by atoms with van der Waals surface area (Å²) in [5.41, 5.74) is 4.85. The van der Waals surface area contributed by atoms with Crippen LogP contribution in [0, 0.1) is 23.0 Å². The number of rotatable bonds is 4. The first kappa shape index (κ1) is 24.7. The molecule has 0 fully saturated rings. The van der Waals surface area contributed by atoms with Crippen LogP contribution in [-0.2, 0) is 9.53 Å². The van der Waals surface area contributed by atoms with E-state index in [0.717, 1.165) is 22.0 Å². The minimum atomic E-state index is -1.34. The van der Waals surface area contributed by atoms with Crippen LogP contribution in [0.1, 0.15) is 24.0 Å². The Morgan fingerprint density at radius 2 is 1.89 bits per heavy atom. The zero-order chi connectivity index (χ0) is 25.4. The molecule has 0 radical (unpaired) electrons. The van der Waals surface area contributed by atoms with Crippen LogP contribution < -0.4 is 20.5 Å². The maximum Gasteiger partial charge on any atom is 0.338 e. The lowest BCUT2D eigenvalue weighted by Crippen LogP contribution is -2.40. The molecule has 2 aromatic carbocycles. The van der Waals surface area contributed by atoms with E-state index in [9.17, 15) is 23.6 Å². The molecule has 0 saturated carbocycles. The molecule has 3 aromatic rings. The van der Waals surface area contributed by atoms with Crippen molar-refractivity contribution in [1.82, 2.24) is 4.57 Å². The number of nitrogens with zero attached hydrogens (tertiary/aromatic N) is 2. The van der Waals surface area contributed by atoms with E-state index in [4.69, 9.17) is 33.7 Å². The highest BCUT2D eigenvalue weighted by molar-refractivity contribution is 7.07. The molecule has 0 aliphatic carbocycles. The van der Waals surface area contributed by atoms with Crippen molar-refractivity contribution in [3.05, 3.63) is 94.3 Å². The Bertz CT molecular complexity index is 1600. The van der Waals surface area contributed by atoms with E-state index in [-0.39, 0.29) is 53.9 Å². The third-order valence-electron chi connectivity index (χ3n) is 5.33. The fraction of sp³-hybridized carbons (Fsp3) is 0.125. The Kier molecular flexibility index (Phi) is 6.81. The number of aromatic nitrogens is 1. The van der Waals surface area contributed by atoms with Gasteiger partial charge < -0.3 is 10.5 Å². The van der Waals surface area contributed by atoms with E-state index in [1.165, 1.54) is 36.4 Å². The number of nitrogens with two attached hydrogens (primary N) is 1. The van der Waals surface area contributed by atoms with Gasteiger partial charge in [0.2, 0.25) is 0 Å². The van der Waals surface area contributed by atoms with Gasteiger partial charge in [0.25, 0.3) is 5.56 Å². The molecule has 1 aromatic heterocycles. The van der Waals surface area contributed by atoms with Crippen LogP contribution in [0.4, 0.5) is 8.78 Å². The van der Waals surface area contributed by atoms with Crippen molar-refractivity contribution < 1.29 is 18.3 Å². The van der Waals surface area contributed by atoms with Crippen molar-refractivity contribution >= 4 is 58.0 Å². The molecule has 35 heavy (non-hydrogen) atoms. The molecule has 1 atom stereocenters. The third kappa shape index (κ3) is 4.14. The minimum absolute atomic E-state index is 0.00739. The predicted molar refractivity (Wildman–Crippen MR) is 130 cm³/mol. The van der Waals surface area contributed by atoms with Crippen LogP contribution in [0.2, 0.25) is 10.0 Å². The number of carbonyl (C=O) groups excluding carboxylic acids is 1. The van der Waals surface area contributed by atoms with Crippen LogP contribution in [0.15, 0.2) is 46.8 Å². The summed E-state index contributed by atoms with van der Waals surface area (Å²) >= 11 is 13.2. The predicted octanol–water partition coefficient (Wildman–Crippen LogP) is 3.49. The van der Waals surface area contributed by atoms with Crippen LogP contribution in [0.25, 0.3) is 17.5 Å². The molecular weight excluding hydrogens is 519 g/mol. The molecule has 0 bridgehead atoms. The summed E-state index contributed by atoms with van der Waals surface area (Å²) in [5, 5.41) is 9.95. The van der Waals surface area contributed by atoms with Gasteiger partial charge in [-0.25, -0.2) is 13.6 Å². The quantitative estimate of drug-likeness (QED) is 0.517. The maximum atomic E-state index is 15.0. The average molecular weight is 534 g/mol. The van der Waals surface area contributed by atoms with Crippen molar-refractivity contribution in [3.8, 4) is 6.07 Å². The lowest BCUT2D eigenvalue weighted by molar-refractivity contribution is -0.136. The molecule has 0 unspecified atom stereocenters. The molecule has 4 rings (SSSR count). The van der Waals surface area contributed by atoms with Crippen LogP contribution in [-0.4, -0.2) is 17.1 Å². The van der Waals surface area contributed by atoms with Gasteiger partial charge in [0.1, 0.15) is 22.1 Å². The molecule has 0 amide bonds. The lowest BCUT2D eigenvalue weighted by Gasteiger charge is -2.25. The smallest absolute Gasteiger partial charge is 0.338 e. The standard InChI is InChI=1S/C24H15Cl2F2N3O3S/c1-2-34-24(33)20-18(19-14(26)6-4-8-16(19)28)12(10-29)21(30)31-22(32)17(35-23(20)31)9-11-13(25)5-3-7-15(11)27/h3-9,18H,2,30H2,1H3/b17-9-/t18-/m1/s1. The lowest BCUT2D eigenvalue weighted by atomic mass is 9.83. The van der Waals surface area contributed by atoms with E-state index in [0.29, 0.717) is 0 Å². The number of allylic oxidation sites excluding steroid dienone is 1. The van der Waals surface area contributed by atoms with Gasteiger partial charge >= 0.3 is 5.97 Å². The highest BCUT2D eigenvalue weighted by Crippen LogP contribution is 2.41. The number of halogens is 4. The number of hydrogen-bond acceptors (Lipinski definition) is 6. The third-order valence-corrected chi connectivity index (χ3v) is 7.09. The first-order valence-corrected chi connectivity index (χ1v) is 11.7. The Morgan fingerprint density at radius 1 is 1.23 bits per heavy atom. The maximum absolute atomic E-state index is 15.0. The van der Waals surface area contributed by atoms with Gasteiger partial charge in [-0.1, -0.05) is 35.3 Å². The van der Waals surface area contributed by atoms with Gasteiger partial charge in [0, 0.05) is 16.1 Å². The average Bonchev–Trinajstić information content (AvgIpc) is 3.12. The molecular formula is C24H15Cl2F2N3O3S. The van der Waals surface area contributed by atoms with E-state index in [1.54, 1.807) is 6.92 Å². The number of carbonyl (C=O) groups is 1. The SMILES string of the molecule is CCOC(=O)C1=c2s/c(=C\c3c(F)cccc3Cl)c(=O)n2C(N)=C(C#N)[C@@H]1c1c(F)cccc1Cl. The molecule has 6 nitrogen and oxygen atoms in total. The van der Waals surface area contributed by atoms with Gasteiger partial charge in [0.05, 0.1) is 39.3 Å². The van der Waals surface area contributed by atoms with Crippen molar-refractivity contribution in [3.63, 3.8) is 0 Å². The normalized spacial score (nSPS) is 15.7. The summed E-state index contributed by atoms with van der Waals surface area (Å²) in [5.74, 6) is -3.97. The topological polar surface area (TPSA) is 98.1 Å². The monoisotopic (exact) mass is 533 g/mol. The minimum Gasteiger partial charge on any atom is -0.463 e. The van der Waals surface area contributed by atoms with Gasteiger partial charge in [-0.3, -0.25) is 9.36 Å². The summed E-state index contributed by atoms with van der Waals surface area (Å²) in [6.07, 6.45) is 1.23. The zero-order valence-corrected chi connectivity index (χ0v) is 20.3. The number of nitriles is 1. The van der Waals surface area contributed by atoms with Gasteiger partial charge in [-0.15, -0.1) is 11.3 Å². The van der Waals surface area contributed by atoms with Crippen molar-refractivity contribution in [1.29, 1.82) is 5.26 Å². The Hall–Kier alpha value is -3.45. The van der Waals surface area contributed by atoms with E-state index < -0.39 is 29.1 Å². The number of thiazole rings is 1. The second kappa shape index (κ2) is 9.66. The number of ether oxygens (including phenoxy) is 1. The second-order valence-electron chi connectivity index (χ2n) is 7.30. The van der Waals surface area contributed by atoms with Crippen molar-refractivity contribution in [2.75, 3.05) is 6.61 Å². The van der Waals surface area contributed by atoms with Crippen LogP contribution >= 0.6 is 34.5 Å². The fourth-order valence-corrected chi connectivity index (χ4v) is 5.45. The summed E-state index contributed by atoms with van der Waals surface area (Å²) in [4.78, 5) is 26.4. The first-order valence-electron chi connectivity index (χ1n) is 10.1. The highest BCUT2D eigenvalue weighted by Gasteiger charge is 2.38. The van der Waals surface area contributed by atoms with Gasteiger partial charge in [0.15, 0.2) is 0 Å². The summed E-state index contributed by atoms with van der Waals surface area (Å²) < 4.78 is 35.5. The molecule has 178 valence electrons. The zero-order valence-electron chi connectivity index (χ0n) is 17.9. The van der Waals surface area contributed by atoms with Crippen molar-refractivity contribution in [2.45, 2.75) is 12.8 Å². The molecule has 1 aliphatic rings. The number of benzene rings is 2. The summed E-state index contributed by atoms with van der Waals surface area (Å²) in [6.45, 7) is 1.54. The second-order valence-corrected chi connectivity index (χ2v) is 9.15. The Labute approximate surface area is 211 Å². The number of hydrogen-bond donors (Lipinski definition) is 1. The molecule has 2 heterocycles. The fourth-order valence-electron chi connectivity index (χ4n) is 3.81. The summed E-state index contributed by atoms with van der Waals surface area (Å²) in [7, 11) is 0. The van der Waals surface area contributed by atoms with Crippen LogP contribution in [0.5, 0.6) is 0 Å². The number of fused-ring (bicyclic) bond motifs is 1. The summed E-state index contributed by atoms with van der Waals surface area (Å²) in [6, 6.07) is 9.84. The molecule has 1 aliphatic heterocycles. The largest absolute Gasteiger partial charge is 0.463 e. The van der Waals surface area contributed by atoms with E-state index in [2.05, 4.69) is 0 Å². The first-order chi connectivity index (χ1) is 16.7. The van der Waals surface area contributed by atoms with E-state index >= 15 is 0 Å². The number of esters is 1. The van der Waals surface area contributed by atoms with Gasteiger partial charge in [-0.2, -0.15) is 5.26 Å². The van der Waals surface area contributed by atoms with Gasteiger partial charge in [-0.05, 0) is 37.3 Å². The van der Waals surface area contributed by atoms with Crippen molar-refractivity contribution in [2.24, 2.45) is 5.73 Å². The molecule has 11 heteroatoms. The molecule has 0 spiro atoms. The highest BCUT2D eigenvalue weighted by atomic mass is 35.5. The Morgan fingerprint density at radius 3 is 2.49 bits per heavy atom. The van der Waals surface area contributed by atoms with E-state index in [1.807, 2.05) is 6.07 Å². The molecule has 0 saturated heterocycles.